The molecule has 0 heterocycles. The molecule has 0 aliphatic carbocycles. The Morgan fingerprint density at radius 3 is 2.08 bits per heavy atom. The molecular formula is C28H29Cl4N3O4S. The van der Waals surface area contributed by atoms with Crippen LogP contribution >= 0.6 is 46.4 Å². The van der Waals surface area contributed by atoms with E-state index in [1.54, 1.807) is 43.3 Å². The second kappa shape index (κ2) is 13.9. The van der Waals surface area contributed by atoms with Crippen molar-refractivity contribution in [3.8, 4) is 0 Å². The van der Waals surface area contributed by atoms with Gasteiger partial charge in [0.1, 0.15) is 12.6 Å². The van der Waals surface area contributed by atoms with Gasteiger partial charge in [-0.25, -0.2) is 8.42 Å². The molecule has 3 rings (SSSR count). The van der Waals surface area contributed by atoms with Gasteiger partial charge in [0.15, 0.2) is 0 Å². The summed E-state index contributed by atoms with van der Waals surface area (Å²) in [5.74, 6) is -0.919. The van der Waals surface area contributed by atoms with Gasteiger partial charge in [0.2, 0.25) is 11.8 Å². The lowest BCUT2D eigenvalue weighted by Gasteiger charge is -2.32. The predicted molar refractivity (Wildman–Crippen MR) is 162 cm³/mol. The highest BCUT2D eigenvalue weighted by Crippen LogP contribution is 2.33. The number of halogens is 4. The van der Waals surface area contributed by atoms with Gasteiger partial charge in [0, 0.05) is 33.7 Å². The van der Waals surface area contributed by atoms with Gasteiger partial charge in [-0.1, -0.05) is 84.5 Å². The Morgan fingerprint density at radius 2 is 1.48 bits per heavy atom. The first-order valence-corrected chi connectivity index (χ1v) is 15.3. The van der Waals surface area contributed by atoms with Crippen molar-refractivity contribution in [2.24, 2.45) is 5.92 Å². The number of anilines is 1. The van der Waals surface area contributed by atoms with Crippen LogP contribution in [0.1, 0.15) is 26.3 Å². The number of nitrogens with one attached hydrogen (secondary N) is 1. The maximum atomic E-state index is 14.0. The molecule has 7 nitrogen and oxygen atoms in total. The van der Waals surface area contributed by atoms with Crippen LogP contribution in [0.2, 0.25) is 20.1 Å². The van der Waals surface area contributed by atoms with Gasteiger partial charge >= 0.3 is 0 Å². The van der Waals surface area contributed by atoms with E-state index in [9.17, 15) is 18.0 Å². The molecular weight excluding hydrogens is 616 g/mol. The largest absolute Gasteiger partial charge is 0.354 e. The highest BCUT2D eigenvalue weighted by Gasteiger charge is 2.34. The van der Waals surface area contributed by atoms with Gasteiger partial charge in [0.25, 0.3) is 10.0 Å². The molecule has 1 N–H and O–H groups in total. The maximum absolute atomic E-state index is 14.0. The van der Waals surface area contributed by atoms with Gasteiger partial charge in [0.05, 0.1) is 15.6 Å². The lowest BCUT2D eigenvalue weighted by atomic mass is 10.1. The van der Waals surface area contributed by atoms with Gasteiger partial charge in [-0.05, 0) is 55.3 Å². The topological polar surface area (TPSA) is 86.8 Å². The Kier molecular flexibility index (Phi) is 11.1. The quantitative estimate of drug-likeness (QED) is 0.252. The Hall–Kier alpha value is -2.49. The molecule has 0 radical (unpaired) electrons. The number of rotatable bonds is 11. The molecule has 0 saturated heterocycles. The molecule has 0 bridgehead atoms. The number of carbonyl (C=O) groups is 2. The average Bonchev–Trinajstić information content (AvgIpc) is 2.91. The number of sulfonamides is 1. The van der Waals surface area contributed by atoms with Crippen LogP contribution in [-0.2, 0) is 26.2 Å². The summed E-state index contributed by atoms with van der Waals surface area (Å²) in [6.07, 6.45) is 0. The van der Waals surface area contributed by atoms with E-state index in [-0.39, 0.29) is 33.1 Å². The minimum atomic E-state index is -4.29. The number of hydrogen-bond acceptors (Lipinski definition) is 4. The summed E-state index contributed by atoms with van der Waals surface area (Å²) >= 11 is 25.4. The molecule has 1 atom stereocenters. The zero-order chi connectivity index (χ0) is 29.6. The first kappa shape index (κ1) is 32.0. The number of carbonyl (C=O) groups excluding carboxylic acids is 2. The third-order valence-corrected chi connectivity index (χ3v) is 9.07. The molecule has 0 aromatic heterocycles. The smallest absolute Gasteiger partial charge is 0.264 e. The van der Waals surface area contributed by atoms with E-state index in [0.29, 0.717) is 22.2 Å². The van der Waals surface area contributed by atoms with E-state index in [1.165, 1.54) is 35.2 Å². The molecule has 214 valence electrons. The Balaban J connectivity index is 2.08. The van der Waals surface area contributed by atoms with Crippen molar-refractivity contribution in [2.45, 2.75) is 38.3 Å². The van der Waals surface area contributed by atoms with Gasteiger partial charge in [-0.2, -0.15) is 0 Å². The molecule has 0 aliphatic rings. The van der Waals surface area contributed by atoms with Crippen LogP contribution in [0, 0.1) is 5.92 Å². The zero-order valence-corrected chi connectivity index (χ0v) is 25.9. The van der Waals surface area contributed by atoms with E-state index in [2.05, 4.69) is 5.32 Å². The molecule has 0 spiro atoms. The van der Waals surface area contributed by atoms with Crippen LogP contribution in [0.3, 0.4) is 0 Å². The fraction of sp³-hybridized carbons (Fsp3) is 0.286. The van der Waals surface area contributed by atoms with E-state index in [0.717, 1.165) is 4.31 Å². The summed E-state index contributed by atoms with van der Waals surface area (Å²) < 4.78 is 28.6. The first-order chi connectivity index (χ1) is 18.8. The van der Waals surface area contributed by atoms with E-state index in [4.69, 9.17) is 46.4 Å². The summed E-state index contributed by atoms with van der Waals surface area (Å²) in [4.78, 5) is 28.3. The third-order valence-electron chi connectivity index (χ3n) is 6.03. The number of amides is 2. The first-order valence-electron chi connectivity index (χ1n) is 12.4. The van der Waals surface area contributed by atoms with Crippen LogP contribution in [0.25, 0.3) is 0 Å². The lowest BCUT2D eigenvalue weighted by molar-refractivity contribution is -0.139. The summed E-state index contributed by atoms with van der Waals surface area (Å²) in [5.41, 5.74) is 0.431. The molecule has 0 unspecified atom stereocenters. The van der Waals surface area contributed by atoms with E-state index >= 15 is 0 Å². The van der Waals surface area contributed by atoms with Crippen molar-refractivity contribution in [3.63, 3.8) is 0 Å². The maximum Gasteiger partial charge on any atom is 0.264 e. The summed E-state index contributed by atoms with van der Waals surface area (Å²) in [5, 5.41) is 3.71. The normalized spacial score (nSPS) is 12.2. The highest BCUT2D eigenvalue weighted by atomic mass is 35.5. The number of nitrogens with zero attached hydrogens (tertiary/aromatic N) is 2. The zero-order valence-electron chi connectivity index (χ0n) is 22.1. The Bertz CT molecular complexity index is 1450. The summed E-state index contributed by atoms with van der Waals surface area (Å²) in [6, 6.07) is 15.9. The van der Waals surface area contributed by atoms with Crippen molar-refractivity contribution in [2.75, 3.05) is 17.4 Å². The summed E-state index contributed by atoms with van der Waals surface area (Å²) in [6.45, 7) is 5.01. The molecule has 40 heavy (non-hydrogen) atoms. The van der Waals surface area contributed by atoms with Crippen LogP contribution in [0.15, 0.2) is 71.6 Å². The summed E-state index contributed by atoms with van der Waals surface area (Å²) in [7, 11) is -4.29. The molecule has 0 fully saturated rings. The highest BCUT2D eigenvalue weighted by molar-refractivity contribution is 7.92. The van der Waals surface area contributed by atoms with Crippen LogP contribution in [0.4, 0.5) is 5.69 Å². The molecule has 3 aromatic carbocycles. The standard InChI is InChI=1S/C28H29Cl4N3O4S/c1-18(2)15-33-28(37)19(3)34(16-22-23(30)10-7-11-24(22)31)27(36)17-35(26-14-20(29)12-13-25(26)32)40(38,39)21-8-5-4-6-9-21/h4-14,18-19H,15-17H2,1-3H3,(H,33,37)/t19-/m0/s1. The molecule has 0 aliphatic heterocycles. The SMILES string of the molecule is CC(C)CNC(=O)[C@H](C)N(Cc1c(Cl)cccc1Cl)C(=O)CN(c1cc(Cl)ccc1Cl)S(=O)(=O)c1ccccc1. The van der Waals surface area contributed by atoms with Crippen molar-refractivity contribution in [1.82, 2.24) is 10.2 Å². The average molecular weight is 645 g/mol. The van der Waals surface area contributed by atoms with Crippen molar-refractivity contribution in [3.05, 3.63) is 92.4 Å². The van der Waals surface area contributed by atoms with Crippen molar-refractivity contribution in [1.29, 1.82) is 0 Å². The lowest BCUT2D eigenvalue weighted by Crippen LogP contribution is -2.51. The minimum absolute atomic E-state index is 0.0130. The van der Waals surface area contributed by atoms with E-state index < -0.39 is 34.4 Å². The van der Waals surface area contributed by atoms with Gasteiger partial charge < -0.3 is 10.2 Å². The fourth-order valence-corrected chi connectivity index (χ4v) is 6.20. The molecule has 2 amide bonds. The van der Waals surface area contributed by atoms with Crippen LogP contribution < -0.4 is 9.62 Å². The van der Waals surface area contributed by atoms with Gasteiger partial charge in [-0.15, -0.1) is 0 Å². The Labute approximate surface area is 255 Å². The second-order valence-corrected chi connectivity index (χ2v) is 13.0. The third kappa shape index (κ3) is 7.83. The minimum Gasteiger partial charge on any atom is -0.354 e. The predicted octanol–water partition coefficient (Wildman–Crippen LogP) is 6.69. The van der Waals surface area contributed by atoms with E-state index in [1.807, 2.05) is 13.8 Å². The van der Waals surface area contributed by atoms with Crippen molar-refractivity contribution < 1.29 is 18.0 Å². The van der Waals surface area contributed by atoms with Crippen molar-refractivity contribution >= 4 is 73.9 Å². The molecule has 0 saturated carbocycles. The number of benzene rings is 3. The second-order valence-electron chi connectivity index (χ2n) is 9.46. The molecule has 12 heteroatoms. The van der Waals surface area contributed by atoms with Crippen LogP contribution in [0.5, 0.6) is 0 Å². The number of hydrogen-bond donors (Lipinski definition) is 1. The van der Waals surface area contributed by atoms with Gasteiger partial charge in [-0.3, -0.25) is 13.9 Å². The van der Waals surface area contributed by atoms with Crippen LogP contribution in [-0.4, -0.2) is 44.3 Å². The monoisotopic (exact) mass is 643 g/mol. The Morgan fingerprint density at radius 1 is 0.850 bits per heavy atom. The molecule has 3 aromatic rings. The fourth-order valence-electron chi connectivity index (χ4n) is 3.80.